The standard InChI is InChI=1S/C13H15BrF3NO/c1-8-4-5-18(7-12(8)19)11-3-2-9(14)6-10(11)13(15,16)17/h2-3,6,8,12,19H,4-5,7H2,1H3. The first kappa shape index (κ1) is 14.7. The minimum Gasteiger partial charge on any atom is -0.391 e. The third kappa shape index (κ3) is 3.23. The summed E-state index contributed by atoms with van der Waals surface area (Å²) in [6.45, 7) is 2.68. The molecule has 0 radical (unpaired) electrons. The third-order valence-electron chi connectivity index (χ3n) is 3.52. The number of rotatable bonds is 1. The molecule has 0 aromatic heterocycles. The van der Waals surface area contributed by atoms with Gasteiger partial charge in [0.05, 0.1) is 11.7 Å². The molecule has 0 aliphatic carbocycles. The Kier molecular flexibility index (Phi) is 4.11. The Morgan fingerprint density at radius 3 is 2.63 bits per heavy atom. The molecular formula is C13H15BrF3NO. The van der Waals surface area contributed by atoms with Gasteiger partial charge in [-0.05, 0) is 30.5 Å². The quantitative estimate of drug-likeness (QED) is 0.845. The Morgan fingerprint density at radius 2 is 2.05 bits per heavy atom. The topological polar surface area (TPSA) is 23.5 Å². The van der Waals surface area contributed by atoms with Gasteiger partial charge in [-0.2, -0.15) is 13.2 Å². The van der Waals surface area contributed by atoms with E-state index in [0.29, 0.717) is 17.4 Å². The lowest BCUT2D eigenvalue weighted by atomic mass is 9.95. The van der Waals surface area contributed by atoms with E-state index in [2.05, 4.69) is 15.9 Å². The molecule has 1 saturated heterocycles. The predicted octanol–water partition coefficient (Wildman–Crippen LogP) is 3.68. The van der Waals surface area contributed by atoms with E-state index in [9.17, 15) is 18.3 Å². The molecule has 1 aliphatic rings. The lowest BCUT2D eigenvalue weighted by Gasteiger charge is -2.37. The van der Waals surface area contributed by atoms with Crippen molar-refractivity contribution >= 4 is 21.6 Å². The maximum absolute atomic E-state index is 13.0. The zero-order chi connectivity index (χ0) is 14.2. The van der Waals surface area contributed by atoms with E-state index < -0.39 is 17.8 Å². The molecule has 2 nitrogen and oxygen atoms in total. The van der Waals surface area contributed by atoms with Gasteiger partial charge in [0, 0.05) is 23.2 Å². The Bertz CT molecular complexity index is 464. The number of anilines is 1. The van der Waals surface area contributed by atoms with Gasteiger partial charge >= 0.3 is 6.18 Å². The predicted molar refractivity (Wildman–Crippen MR) is 71.1 cm³/mol. The number of hydrogen-bond acceptors (Lipinski definition) is 2. The van der Waals surface area contributed by atoms with Crippen LogP contribution in [0.2, 0.25) is 0 Å². The summed E-state index contributed by atoms with van der Waals surface area (Å²) in [7, 11) is 0. The molecule has 6 heteroatoms. The number of aliphatic hydroxyl groups is 1. The normalized spacial score (nSPS) is 24.6. The van der Waals surface area contributed by atoms with Crippen LogP contribution in [0.3, 0.4) is 0 Å². The molecule has 2 atom stereocenters. The van der Waals surface area contributed by atoms with Crippen LogP contribution in [0, 0.1) is 5.92 Å². The van der Waals surface area contributed by atoms with E-state index in [0.717, 1.165) is 6.07 Å². The second-order valence-corrected chi connectivity index (χ2v) is 5.85. The van der Waals surface area contributed by atoms with E-state index in [4.69, 9.17) is 0 Å². The Morgan fingerprint density at radius 1 is 1.37 bits per heavy atom. The Balaban J connectivity index is 2.34. The highest BCUT2D eigenvalue weighted by Gasteiger charge is 2.36. The van der Waals surface area contributed by atoms with Gasteiger partial charge in [0.15, 0.2) is 0 Å². The van der Waals surface area contributed by atoms with Crippen LogP contribution in [0.25, 0.3) is 0 Å². The van der Waals surface area contributed by atoms with Crippen LogP contribution in [-0.4, -0.2) is 24.3 Å². The third-order valence-corrected chi connectivity index (χ3v) is 4.02. The van der Waals surface area contributed by atoms with Gasteiger partial charge in [0.25, 0.3) is 0 Å². The van der Waals surface area contributed by atoms with Gasteiger partial charge in [0.2, 0.25) is 0 Å². The molecule has 1 aromatic carbocycles. The zero-order valence-corrected chi connectivity index (χ0v) is 12.0. The molecule has 2 unspecified atom stereocenters. The van der Waals surface area contributed by atoms with Crippen molar-refractivity contribution < 1.29 is 18.3 Å². The molecule has 1 aliphatic heterocycles. The number of piperidine rings is 1. The fourth-order valence-corrected chi connectivity index (χ4v) is 2.64. The van der Waals surface area contributed by atoms with Crippen molar-refractivity contribution in [2.45, 2.75) is 25.6 Å². The van der Waals surface area contributed by atoms with Crippen molar-refractivity contribution in [3.63, 3.8) is 0 Å². The van der Waals surface area contributed by atoms with Crippen molar-refractivity contribution in [3.8, 4) is 0 Å². The summed E-state index contributed by atoms with van der Waals surface area (Å²) in [5.41, 5.74) is -0.523. The van der Waals surface area contributed by atoms with Crippen molar-refractivity contribution in [3.05, 3.63) is 28.2 Å². The largest absolute Gasteiger partial charge is 0.418 e. The average molecular weight is 338 g/mol. The molecule has 1 N–H and O–H groups in total. The van der Waals surface area contributed by atoms with Gasteiger partial charge in [-0.15, -0.1) is 0 Å². The van der Waals surface area contributed by atoms with E-state index in [1.165, 1.54) is 6.07 Å². The summed E-state index contributed by atoms with van der Waals surface area (Å²) >= 11 is 3.07. The van der Waals surface area contributed by atoms with E-state index in [-0.39, 0.29) is 18.2 Å². The number of halogens is 4. The van der Waals surface area contributed by atoms with Crippen LogP contribution >= 0.6 is 15.9 Å². The summed E-state index contributed by atoms with van der Waals surface area (Å²) < 4.78 is 39.5. The molecule has 0 saturated carbocycles. The maximum Gasteiger partial charge on any atom is 0.418 e. The van der Waals surface area contributed by atoms with Crippen LogP contribution in [0.1, 0.15) is 18.9 Å². The van der Waals surface area contributed by atoms with Crippen molar-refractivity contribution in [2.75, 3.05) is 18.0 Å². The van der Waals surface area contributed by atoms with Crippen LogP contribution < -0.4 is 4.90 Å². The second kappa shape index (κ2) is 5.32. The summed E-state index contributed by atoms with van der Waals surface area (Å²) in [5.74, 6) is 0.126. The van der Waals surface area contributed by atoms with E-state index >= 15 is 0 Å². The number of hydrogen-bond donors (Lipinski definition) is 1. The molecular weight excluding hydrogens is 323 g/mol. The first-order valence-electron chi connectivity index (χ1n) is 6.09. The lowest BCUT2D eigenvalue weighted by molar-refractivity contribution is -0.137. The van der Waals surface area contributed by atoms with Gasteiger partial charge in [-0.25, -0.2) is 0 Å². The minimum absolute atomic E-state index is 0.126. The Hall–Kier alpha value is -0.750. The van der Waals surface area contributed by atoms with Crippen molar-refractivity contribution in [1.29, 1.82) is 0 Å². The minimum atomic E-state index is -4.40. The summed E-state index contributed by atoms with van der Waals surface area (Å²) in [4.78, 5) is 1.61. The summed E-state index contributed by atoms with van der Waals surface area (Å²) in [5, 5.41) is 9.83. The molecule has 0 spiro atoms. The molecule has 1 heterocycles. The van der Waals surface area contributed by atoms with Gasteiger partial charge < -0.3 is 10.0 Å². The number of alkyl halides is 3. The highest BCUT2D eigenvalue weighted by Crippen LogP contribution is 2.39. The summed E-state index contributed by atoms with van der Waals surface area (Å²) in [6, 6.07) is 4.13. The van der Waals surface area contributed by atoms with Gasteiger partial charge in [-0.3, -0.25) is 0 Å². The van der Waals surface area contributed by atoms with E-state index in [1.54, 1.807) is 11.0 Å². The Labute approximate surface area is 118 Å². The fraction of sp³-hybridized carbons (Fsp3) is 0.538. The molecule has 106 valence electrons. The molecule has 0 bridgehead atoms. The van der Waals surface area contributed by atoms with E-state index in [1.807, 2.05) is 6.92 Å². The first-order valence-corrected chi connectivity index (χ1v) is 6.88. The first-order chi connectivity index (χ1) is 8.79. The molecule has 2 rings (SSSR count). The second-order valence-electron chi connectivity index (χ2n) is 4.94. The van der Waals surface area contributed by atoms with Gasteiger partial charge in [0.1, 0.15) is 0 Å². The number of β-amino-alcohol motifs (C(OH)–C–C–N with tert-alkyl or cyclic N) is 1. The zero-order valence-electron chi connectivity index (χ0n) is 10.4. The van der Waals surface area contributed by atoms with Crippen molar-refractivity contribution in [2.24, 2.45) is 5.92 Å². The highest BCUT2D eigenvalue weighted by molar-refractivity contribution is 9.10. The van der Waals surface area contributed by atoms with Crippen LogP contribution in [-0.2, 0) is 6.18 Å². The highest BCUT2D eigenvalue weighted by atomic mass is 79.9. The molecule has 1 aromatic rings. The van der Waals surface area contributed by atoms with Crippen LogP contribution in [0.15, 0.2) is 22.7 Å². The van der Waals surface area contributed by atoms with Crippen LogP contribution in [0.4, 0.5) is 18.9 Å². The van der Waals surface area contributed by atoms with Crippen LogP contribution in [0.5, 0.6) is 0 Å². The number of benzene rings is 1. The molecule has 19 heavy (non-hydrogen) atoms. The smallest absolute Gasteiger partial charge is 0.391 e. The molecule has 0 amide bonds. The number of nitrogens with zero attached hydrogens (tertiary/aromatic N) is 1. The fourth-order valence-electron chi connectivity index (χ4n) is 2.28. The number of aliphatic hydroxyl groups excluding tert-OH is 1. The SMILES string of the molecule is CC1CCN(c2ccc(Br)cc2C(F)(F)F)CC1O. The molecule has 1 fully saturated rings. The monoisotopic (exact) mass is 337 g/mol. The summed E-state index contributed by atoms with van der Waals surface area (Å²) in [6.07, 6.45) is -4.29. The lowest BCUT2D eigenvalue weighted by Crippen LogP contribution is -2.43. The van der Waals surface area contributed by atoms with Gasteiger partial charge in [-0.1, -0.05) is 22.9 Å². The average Bonchev–Trinajstić information content (AvgIpc) is 2.32. The maximum atomic E-state index is 13.0. The van der Waals surface area contributed by atoms with Crippen molar-refractivity contribution in [1.82, 2.24) is 0 Å².